The van der Waals surface area contributed by atoms with Crippen LogP contribution >= 0.6 is 15.9 Å². The van der Waals surface area contributed by atoms with Crippen LogP contribution in [0.1, 0.15) is 18.6 Å². The Labute approximate surface area is 91.6 Å². The van der Waals surface area contributed by atoms with Crippen molar-refractivity contribution < 1.29 is 9.52 Å². The predicted molar refractivity (Wildman–Crippen MR) is 56.8 cm³/mol. The van der Waals surface area contributed by atoms with Gasteiger partial charge in [0, 0.05) is 6.54 Å². The highest BCUT2D eigenvalue weighted by Crippen LogP contribution is 2.32. The summed E-state index contributed by atoms with van der Waals surface area (Å²) in [6.45, 7) is 1.33. The zero-order valence-corrected chi connectivity index (χ0v) is 9.46. The van der Waals surface area contributed by atoms with Gasteiger partial charge in [-0.1, -0.05) is 0 Å². The molecule has 14 heavy (non-hydrogen) atoms. The minimum Gasteiger partial charge on any atom is -0.453 e. The maximum Gasteiger partial charge on any atom is 0.169 e. The molecule has 0 amide bonds. The second kappa shape index (κ2) is 4.47. The summed E-state index contributed by atoms with van der Waals surface area (Å²) in [6.07, 6.45) is 2.16. The molecule has 0 bridgehead atoms. The highest BCUT2D eigenvalue weighted by Gasteiger charge is 2.29. The van der Waals surface area contributed by atoms with E-state index in [2.05, 4.69) is 21.2 Å². The Bertz CT molecular complexity index is 296. The summed E-state index contributed by atoms with van der Waals surface area (Å²) >= 11 is 3.24. The van der Waals surface area contributed by atoms with Gasteiger partial charge in [-0.2, -0.15) is 0 Å². The average molecular weight is 260 g/mol. The first-order valence-corrected chi connectivity index (χ1v) is 5.68. The molecular formula is C10H14BrNO2. The molecule has 0 spiro atoms. The third-order valence-electron chi connectivity index (χ3n) is 2.45. The molecular weight excluding hydrogens is 246 g/mol. The number of rotatable bonds is 5. The Hall–Kier alpha value is -0.320. The molecule has 0 radical (unpaired) electrons. The standard InChI is InChI=1S/C10H14BrNO2/c11-10-4-3-8(14-10)5-12-6-9(13)7-1-2-7/h3-4,7,9,12-13H,1-2,5-6H2. The van der Waals surface area contributed by atoms with Crippen LogP contribution in [-0.2, 0) is 6.54 Å². The van der Waals surface area contributed by atoms with Gasteiger partial charge in [-0.05, 0) is 46.8 Å². The van der Waals surface area contributed by atoms with Crippen molar-refractivity contribution in [2.75, 3.05) is 6.54 Å². The second-order valence-corrected chi connectivity index (χ2v) is 4.52. The zero-order valence-electron chi connectivity index (χ0n) is 7.87. The van der Waals surface area contributed by atoms with E-state index in [0.717, 1.165) is 10.4 Å². The van der Waals surface area contributed by atoms with Crippen molar-refractivity contribution in [1.82, 2.24) is 5.32 Å². The third-order valence-corrected chi connectivity index (χ3v) is 2.87. The molecule has 1 saturated carbocycles. The minimum absolute atomic E-state index is 0.187. The summed E-state index contributed by atoms with van der Waals surface area (Å²) in [7, 11) is 0. The lowest BCUT2D eigenvalue weighted by Gasteiger charge is -2.08. The van der Waals surface area contributed by atoms with Gasteiger partial charge >= 0.3 is 0 Å². The van der Waals surface area contributed by atoms with Crippen molar-refractivity contribution in [1.29, 1.82) is 0 Å². The van der Waals surface area contributed by atoms with Crippen molar-refractivity contribution in [2.45, 2.75) is 25.5 Å². The van der Waals surface area contributed by atoms with E-state index in [1.165, 1.54) is 12.8 Å². The largest absolute Gasteiger partial charge is 0.453 e. The highest BCUT2D eigenvalue weighted by atomic mass is 79.9. The number of aliphatic hydroxyl groups is 1. The molecule has 78 valence electrons. The molecule has 2 rings (SSSR count). The first kappa shape index (κ1) is 10.2. The van der Waals surface area contributed by atoms with E-state index in [4.69, 9.17) is 4.42 Å². The quantitative estimate of drug-likeness (QED) is 0.849. The van der Waals surface area contributed by atoms with Crippen molar-refractivity contribution in [3.05, 3.63) is 22.6 Å². The number of hydrogen-bond acceptors (Lipinski definition) is 3. The summed E-state index contributed by atoms with van der Waals surface area (Å²) < 4.78 is 6.06. The molecule has 3 nitrogen and oxygen atoms in total. The SMILES string of the molecule is OC(CNCc1ccc(Br)o1)C1CC1. The van der Waals surface area contributed by atoms with E-state index < -0.39 is 0 Å². The van der Waals surface area contributed by atoms with Gasteiger partial charge in [0.1, 0.15) is 5.76 Å². The smallest absolute Gasteiger partial charge is 0.169 e. The highest BCUT2D eigenvalue weighted by molar-refractivity contribution is 9.10. The Morgan fingerprint density at radius 3 is 2.93 bits per heavy atom. The first-order chi connectivity index (χ1) is 6.75. The van der Waals surface area contributed by atoms with Crippen LogP contribution in [0.2, 0.25) is 0 Å². The van der Waals surface area contributed by atoms with Crippen molar-refractivity contribution in [2.24, 2.45) is 5.92 Å². The fraction of sp³-hybridized carbons (Fsp3) is 0.600. The number of nitrogens with one attached hydrogen (secondary N) is 1. The normalized spacial score (nSPS) is 18.4. The monoisotopic (exact) mass is 259 g/mol. The summed E-state index contributed by atoms with van der Waals surface area (Å²) in [6, 6.07) is 3.79. The number of halogens is 1. The molecule has 0 aromatic carbocycles. The maximum atomic E-state index is 9.57. The minimum atomic E-state index is -0.187. The molecule has 2 N–H and O–H groups in total. The summed E-state index contributed by atoms with van der Waals surface area (Å²) in [5.74, 6) is 1.42. The third kappa shape index (κ3) is 2.83. The van der Waals surface area contributed by atoms with Crippen LogP contribution in [0.15, 0.2) is 21.2 Å². The van der Waals surface area contributed by atoms with Crippen LogP contribution < -0.4 is 5.32 Å². The molecule has 1 aromatic rings. The number of furan rings is 1. The van der Waals surface area contributed by atoms with E-state index in [-0.39, 0.29) is 6.10 Å². The van der Waals surface area contributed by atoms with E-state index in [1.807, 2.05) is 12.1 Å². The van der Waals surface area contributed by atoms with Gasteiger partial charge in [-0.25, -0.2) is 0 Å². The number of aliphatic hydroxyl groups excluding tert-OH is 1. The Morgan fingerprint density at radius 1 is 1.57 bits per heavy atom. The van der Waals surface area contributed by atoms with Crippen molar-refractivity contribution in [3.8, 4) is 0 Å². The Balaban J connectivity index is 1.67. The molecule has 1 aliphatic rings. The molecule has 1 aromatic heterocycles. The van der Waals surface area contributed by atoms with Gasteiger partial charge in [-0.3, -0.25) is 0 Å². The molecule has 4 heteroatoms. The average Bonchev–Trinajstić information content (AvgIpc) is 2.92. The lowest BCUT2D eigenvalue weighted by molar-refractivity contribution is 0.147. The lowest BCUT2D eigenvalue weighted by Crippen LogP contribution is -2.27. The number of hydrogen-bond donors (Lipinski definition) is 2. The second-order valence-electron chi connectivity index (χ2n) is 3.74. The molecule has 0 aliphatic heterocycles. The van der Waals surface area contributed by atoms with Crippen LogP contribution in [0.5, 0.6) is 0 Å². The van der Waals surface area contributed by atoms with Crippen LogP contribution in [0.3, 0.4) is 0 Å². The van der Waals surface area contributed by atoms with E-state index in [9.17, 15) is 5.11 Å². The van der Waals surface area contributed by atoms with E-state index in [1.54, 1.807) is 0 Å². The fourth-order valence-corrected chi connectivity index (χ4v) is 1.78. The van der Waals surface area contributed by atoms with Crippen molar-refractivity contribution in [3.63, 3.8) is 0 Å². The first-order valence-electron chi connectivity index (χ1n) is 4.88. The summed E-state index contributed by atoms with van der Waals surface area (Å²) in [4.78, 5) is 0. The molecule has 1 aliphatic carbocycles. The molecule has 0 saturated heterocycles. The Kier molecular flexibility index (Phi) is 3.26. The zero-order chi connectivity index (χ0) is 9.97. The van der Waals surface area contributed by atoms with Crippen LogP contribution in [-0.4, -0.2) is 17.8 Å². The summed E-state index contributed by atoms with van der Waals surface area (Å²) in [5, 5.41) is 12.7. The van der Waals surface area contributed by atoms with Gasteiger partial charge < -0.3 is 14.8 Å². The van der Waals surface area contributed by atoms with Crippen LogP contribution in [0, 0.1) is 5.92 Å². The van der Waals surface area contributed by atoms with E-state index in [0.29, 0.717) is 19.0 Å². The Morgan fingerprint density at radius 2 is 2.36 bits per heavy atom. The van der Waals surface area contributed by atoms with Gasteiger partial charge in [0.25, 0.3) is 0 Å². The fourth-order valence-electron chi connectivity index (χ4n) is 1.44. The van der Waals surface area contributed by atoms with Gasteiger partial charge in [0.2, 0.25) is 0 Å². The van der Waals surface area contributed by atoms with Crippen molar-refractivity contribution >= 4 is 15.9 Å². The molecule has 1 heterocycles. The lowest BCUT2D eigenvalue weighted by atomic mass is 10.2. The molecule has 1 atom stereocenters. The van der Waals surface area contributed by atoms with Gasteiger partial charge in [0.15, 0.2) is 4.67 Å². The predicted octanol–water partition coefficient (Wildman–Crippen LogP) is 1.90. The molecule has 1 fully saturated rings. The topological polar surface area (TPSA) is 45.4 Å². The summed E-state index contributed by atoms with van der Waals surface area (Å²) in [5.41, 5.74) is 0. The van der Waals surface area contributed by atoms with Crippen LogP contribution in [0.4, 0.5) is 0 Å². The molecule has 1 unspecified atom stereocenters. The van der Waals surface area contributed by atoms with Gasteiger partial charge in [0.05, 0.1) is 12.6 Å². The maximum absolute atomic E-state index is 9.57. The van der Waals surface area contributed by atoms with Crippen LogP contribution in [0.25, 0.3) is 0 Å². The van der Waals surface area contributed by atoms with E-state index >= 15 is 0 Å². The van der Waals surface area contributed by atoms with Gasteiger partial charge in [-0.15, -0.1) is 0 Å².